The topological polar surface area (TPSA) is 69.6 Å². The molecular formula is C48H29N5O. The summed E-state index contributed by atoms with van der Waals surface area (Å²) >= 11 is 0. The SMILES string of the molecule is c1ccc(-c2ccc(-c3nc(-c4nccc5oc6c7ccccc7ccc6c45)nc(-c4cccc5c4c4ccccc4n5-c4ccccc4)n3)cc2)cc1. The molecule has 11 rings (SSSR count). The first-order valence-corrected chi connectivity index (χ1v) is 18.0. The van der Waals surface area contributed by atoms with Crippen LogP contribution >= 0.6 is 0 Å². The van der Waals surface area contributed by atoms with Crippen LogP contribution in [0.4, 0.5) is 0 Å². The lowest BCUT2D eigenvalue weighted by atomic mass is 10.0. The maximum Gasteiger partial charge on any atom is 0.183 e. The molecule has 0 aliphatic rings. The largest absolute Gasteiger partial charge is 0.455 e. The highest BCUT2D eigenvalue weighted by molar-refractivity contribution is 6.18. The van der Waals surface area contributed by atoms with E-state index in [9.17, 15) is 0 Å². The molecule has 0 aliphatic heterocycles. The van der Waals surface area contributed by atoms with Gasteiger partial charge in [0.1, 0.15) is 16.9 Å². The molecule has 0 atom stereocenters. The number of benzene rings is 7. The van der Waals surface area contributed by atoms with Crippen molar-refractivity contribution < 1.29 is 4.42 Å². The highest BCUT2D eigenvalue weighted by atomic mass is 16.3. The van der Waals surface area contributed by atoms with Gasteiger partial charge in [-0.05, 0) is 52.9 Å². The molecule has 11 aromatic rings. The van der Waals surface area contributed by atoms with Gasteiger partial charge in [0.15, 0.2) is 17.5 Å². The Kier molecular flexibility index (Phi) is 6.75. The minimum Gasteiger partial charge on any atom is -0.455 e. The van der Waals surface area contributed by atoms with Gasteiger partial charge < -0.3 is 8.98 Å². The van der Waals surface area contributed by atoms with E-state index in [-0.39, 0.29) is 0 Å². The van der Waals surface area contributed by atoms with E-state index in [1.54, 1.807) is 6.20 Å². The van der Waals surface area contributed by atoms with Crippen molar-refractivity contribution in [2.24, 2.45) is 0 Å². The van der Waals surface area contributed by atoms with Crippen LogP contribution in [0, 0.1) is 0 Å². The van der Waals surface area contributed by atoms with Crippen LogP contribution in [0.1, 0.15) is 0 Å². The number of aromatic nitrogens is 5. The number of pyridine rings is 1. The van der Waals surface area contributed by atoms with E-state index in [1.165, 1.54) is 0 Å². The van der Waals surface area contributed by atoms with Gasteiger partial charge in [-0.25, -0.2) is 15.0 Å². The molecule has 252 valence electrons. The Bertz CT molecular complexity index is 3200. The number of rotatable bonds is 5. The Hall–Kier alpha value is -7.44. The van der Waals surface area contributed by atoms with Gasteiger partial charge in [0.25, 0.3) is 0 Å². The summed E-state index contributed by atoms with van der Waals surface area (Å²) in [5.74, 6) is 1.61. The minimum atomic E-state index is 0.479. The Morgan fingerprint density at radius 3 is 1.94 bits per heavy atom. The van der Waals surface area contributed by atoms with E-state index in [0.717, 1.165) is 82.5 Å². The molecule has 7 aromatic carbocycles. The molecule has 0 spiro atoms. The molecule has 0 amide bonds. The summed E-state index contributed by atoms with van der Waals surface area (Å²) in [6, 6.07) is 58.6. The summed E-state index contributed by atoms with van der Waals surface area (Å²) in [6.07, 6.45) is 1.77. The van der Waals surface area contributed by atoms with Crippen LogP contribution in [-0.2, 0) is 0 Å². The van der Waals surface area contributed by atoms with Crippen molar-refractivity contribution in [3.63, 3.8) is 0 Å². The highest BCUT2D eigenvalue weighted by Crippen LogP contribution is 2.41. The molecule has 54 heavy (non-hydrogen) atoms. The molecule has 6 nitrogen and oxygen atoms in total. The van der Waals surface area contributed by atoms with Gasteiger partial charge in [0, 0.05) is 44.6 Å². The van der Waals surface area contributed by atoms with Crippen LogP contribution < -0.4 is 0 Å². The van der Waals surface area contributed by atoms with Crippen LogP contribution in [0.25, 0.3) is 106 Å². The Morgan fingerprint density at radius 1 is 0.426 bits per heavy atom. The zero-order valence-electron chi connectivity index (χ0n) is 28.9. The van der Waals surface area contributed by atoms with Crippen molar-refractivity contribution >= 4 is 54.5 Å². The number of hydrogen-bond acceptors (Lipinski definition) is 5. The average molecular weight is 692 g/mol. The first-order valence-electron chi connectivity index (χ1n) is 18.0. The van der Waals surface area contributed by atoms with Gasteiger partial charge in [0.2, 0.25) is 0 Å². The fraction of sp³-hybridized carbons (Fsp3) is 0. The fourth-order valence-corrected chi connectivity index (χ4v) is 7.85. The molecule has 0 bridgehead atoms. The van der Waals surface area contributed by atoms with Crippen LogP contribution in [-0.4, -0.2) is 24.5 Å². The van der Waals surface area contributed by atoms with Gasteiger partial charge >= 0.3 is 0 Å². The maximum absolute atomic E-state index is 6.55. The van der Waals surface area contributed by atoms with Gasteiger partial charge in [-0.2, -0.15) is 0 Å². The van der Waals surface area contributed by atoms with Crippen molar-refractivity contribution in [2.75, 3.05) is 0 Å². The summed E-state index contributed by atoms with van der Waals surface area (Å²) < 4.78 is 8.86. The number of furan rings is 1. The highest BCUT2D eigenvalue weighted by Gasteiger charge is 2.22. The molecule has 0 unspecified atom stereocenters. The van der Waals surface area contributed by atoms with Crippen LogP contribution in [0.3, 0.4) is 0 Å². The monoisotopic (exact) mass is 691 g/mol. The third kappa shape index (κ3) is 4.74. The summed E-state index contributed by atoms with van der Waals surface area (Å²) in [7, 11) is 0. The van der Waals surface area contributed by atoms with Crippen molar-refractivity contribution in [2.45, 2.75) is 0 Å². The van der Waals surface area contributed by atoms with E-state index < -0.39 is 0 Å². The smallest absolute Gasteiger partial charge is 0.183 e. The molecule has 0 aliphatic carbocycles. The van der Waals surface area contributed by atoms with Crippen molar-refractivity contribution in [1.29, 1.82) is 0 Å². The summed E-state index contributed by atoms with van der Waals surface area (Å²) in [6.45, 7) is 0. The van der Waals surface area contributed by atoms with Gasteiger partial charge in [-0.15, -0.1) is 0 Å². The van der Waals surface area contributed by atoms with Gasteiger partial charge in [-0.1, -0.05) is 133 Å². The predicted molar refractivity (Wildman–Crippen MR) is 218 cm³/mol. The van der Waals surface area contributed by atoms with E-state index in [4.69, 9.17) is 24.4 Å². The number of para-hydroxylation sites is 2. The molecule has 0 radical (unpaired) electrons. The van der Waals surface area contributed by atoms with Crippen molar-refractivity contribution in [1.82, 2.24) is 24.5 Å². The minimum absolute atomic E-state index is 0.479. The first-order chi connectivity index (χ1) is 26.8. The van der Waals surface area contributed by atoms with E-state index in [2.05, 4.69) is 144 Å². The Labute approximate surface area is 309 Å². The van der Waals surface area contributed by atoms with Gasteiger partial charge in [-0.3, -0.25) is 4.98 Å². The first kappa shape index (κ1) is 30.2. The lowest BCUT2D eigenvalue weighted by Crippen LogP contribution is -2.02. The standard InChI is InChI=1S/C48H29N5O/c1-3-12-30(13-4-1)31-22-24-33(25-23-31)46-50-47(38-19-11-21-40-42(38)36-18-9-10-20-39(36)53(40)34-15-5-2-6-16-34)52-48(51-46)44-43-37-27-26-32-14-7-8-17-35(32)45(37)54-41(43)28-29-49-44/h1-29H. The fourth-order valence-electron chi connectivity index (χ4n) is 7.85. The Balaban J connectivity index is 1.18. The second-order valence-electron chi connectivity index (χ2n) is 13.4. The molecule has 0 saturated heterocycles. The van der Waals surface area contributed by atoms with Crippen molar-refractivity contribution in [3.05, 3.63) is 176 Å². The summed E-state index contributed by atoms with van der Waals surface area (Å²) in [5.41, 5.74) is 9.54. The van der Waals surface area contributed by atoms with Crippen molar-refractivity contribution in [3.8, 4) is 51.1 Å². The molecule has 0 N–H and O–H groups in total. The third-order valence-corrected chi connectivity index (χ3v) is 10.3. The third-order valence-electron chi connectivity index (χ3n) is 10.3. The lowest BCUT2D eigenvalue weighted by molar-refractivity contribution is 0.672. The number of hydrogen-bond donors (Lipinski definition) is 0. The quantitative estimate of drug-likeness (QED) is 0.180. The normalized spacial score (nSPS) is 11.7. The zero-order chi connectivity index (χ0) is 35.6. The molecule has 4 heterocycles. The second kappa shape index (κ2) is 12.1. The van der Waals surface area contributed by atoms with E-state index >= 15 is 0 Å². The predicted octanol–water partition coefficient (Wildman–Crippen LogP) is 12.1. The van der Waals surface area contributed by atoms with Crippen LogP contribution in [0.15, 0.2) is 180 Å². The van der Waals surface area contributed by atoms with Crippen LogP contribution in [0.2, 0.25) is 0 Å². The second-order valence-corrected chi connectivity index (χ2v) is 13.4. The summed E-state index contributed by atoms with van der Waals surface area (Å²) in [5, 5.41) is 6.20. The molecular weight excluding hydrogens is 663 g/mol. The average Bonchev–Trinajstić information content (AvgIpc) is 3.81. The molecule has 4 aromatic heterocycles. The zero-order valence-corrected chi connectivity index (χ0v) is 28.9. The number of fused-ring (bicyclic) bond motifs is 8. The van der Waals surface area contributed by atoms with E-state index in [1.807, 2.05) is 30.3 Å². The Morgan fingerprint density at radius 2 is 1.09 bits per heavy atom. The number of nitrogens with zero attached hydrogens (tertiary/aromatic N) is 5. The van der Waals surface area contributed by atoms with Crippen LogP contribution in [0.5, 0.6) is 0 Å². The maximum atomic E-state index is 6.55. The molecule has 0 saturated carbocycles. The summed E-state index contributed by atoms with van der Waals surface area (Å²) in [4.78, 5) is 20.6. The van der Waals surface area contributed by atoms with E-state index in [0.29, 0.717) is 23.2 Å². The molecule has 0 fully saturated rings. The molecule has 6 heteroatoms. The van der Waals surface area contributed by atoms with Gasteiger partial charge in [0.05, 0.1) is 16.4 Å². The lowest BCUT2D eigenvalue weighted by Gasteiger charge is -2.11.